The third kappa shape index (κ3) is 9.41. The molecule has 0 radical (unpaired) electrons. The summed E-state index contributed by atoms with van der Waals surface area (Å²) in [6, 6.07) is 5.89. The van der Waals surface area contributed by atoms with E-state index in [1.54, 1.807) is 13.0 Å². The molecule has 0 amide bonds. The number of esters is 2. The lowest BCUT2D eigenvalue weighted by molar-refractivity contribution is 0.0395. The van der Waals surface area contributed by atoms with Crippen molar-refractivity contribution in [2.75, 3.05) is 6.61 Å². The largest absolute Gasteiger partial charge is 0.462 e. The molecule has 1 aromatic rings. The van der Waals surface area contributed by atoms with Crippen LogP contribution in [0.25, 0.3) is 0 Å². The van der Waals surface area contributed by atoms with E-state index >= 15 is 0 Å². The zero-order chi connectivity index (χ0) is 21.7. The van der Waals surface area contributed by atoms with E-state index in [1.165, 1.54) is 43.9 Å². The van der Waals surface area contributed by atoms with Crippen LogP contribution in [0, 0.1) is 0 Å². The number of carbonyl (C=O) groups excluding carboxylic acids is 2. The molecule has 164 valence electrons. The first-order valence-corrected chi connectivity index (χ1v) is 11.7. The zero-order valence-corrected chi connectivity index (χ0v) is 18.1. The van der Waals surface area contributed by atoms with Crippen LogP contribution in [-0.4, -0.2) is 37.0 Å². The van der Waals surface area contributed by atoms with Crippen LogP contribution in [0.4, 0.5) is 0 Å². The molecule has 1 N–H and O–H groups in total. The molecule has 8 heteroatoms. The van der Waals surface area contributed by atoms with E-state index in [0.717, 1.165) is 19.3 Å². The average molecular weight is 429 g/mol. The number of benzene rings is 1. The van der Waals surface area contributed by atoms with Gasteiger partial charge in [0, 0.05) is 6.42 Å². The standard InChI is InChI=1S/C21H32O7S/c1-3-5-6-7-8-9-12-16-27-20(22)17-14-10-11-15-18(17)21(23)28-19(13-4-2)29(24,25)26/h10-11,14-15,19H,3-9,12-13,16H2,1-2H3,(H,24,25,26). The second-order valence-electron chi connectivity index (χ2n) is 6.94. The van der Waals surface area contributed by atoms with Gasteiger partial charge < -0.3 is 9.47 Å². The van der Waals surface area contributed by atoms with Crippen LogP contribution < -0.4 is 0 Å². The highest BCUT2D eigenvalue weighted by Crippen LogP contribution is 2.17. The van der Waals surface area contributed by atoms with Gasteiger partial charge in [-0.05, 0) is 18.6 Å². The summed E-state index contributed by atoms with van der Waals surface area (Å²) in [6.07, 6.45) is 7.96. The molecule has 0 aliphatic heterocycles. The number of unbranched alkanes of at least 4 members (excludes halogenated alkanes) is 6. The van der Waals surface area contributed by atoms with Crippen LogP contribution in [0.1, 0.15) is 92.4 Å². The van der Waals surface area contributed by atoms with E-state index in [1.807, 2.05) is 0 Å². The summed E-state index contributed by atoms with van der Waals surface area (Å²) in [4.78, 5) is 24.8. The first kappa shape index (κ1) is 25.1. The van der Waals surface area contributed by atoms with Gasteiger partial charge in [-0.15, -0.1) is 0 Å². The Morgan fingerprint density at radius 3 is 2.00 bits per heavy atom. The summed E-state index contributed by atoms with van der Waals surface area (Å²) >= 11 is 0. The molecule has 1 atom stereocenters. The number of ether oxygens (including phenoxy) is 2. The van der Waals surface area contributed by atoms with Gasteiger partial charge in [-0.25, -0.2) is 9.59 Å². The van der Waals surface area contributed by atoms with Crippen molar-refractivity contribution in [2.24, 2.45) is 0 Å². The molecular weight excluding hydrogens is 396 g/mol. The molecule has 0 heterocycles. The van der Waals surface area contributed by atoms with Crippen molar-refractivity contribution in [2.45, 2.75) is 77.1 Å². The highest BCUT2D eigenvalue weighted by atomic mass is 32.2. The Labute approximate surface area is 173 Å². The molecule has 0 saturated carbocycles. The van der Waals surface area contributed by atoms with E-state index in [9.17, 15) is 22.6 Å². The predicted octanol–water partition coefficient (Wildman–Crippen LogP) is 4.76. The van der Waals surface area contributed by atoms with Gasteiger partial charge in [0.15, 0.2) is 0 Å². The predicted molar refractivity (Wildman–Crippen MR) is 110 cm³/mol. The fourth-order valence-electron chi connectivity index (χ4n) is 2.83. The minimum atomic E-state index is -4.55. The molecule has 1 aromatic carbocycles. The summed E-state index contributed by atoms with van der Waals surface area (Å²) in [6.45, 7) is 4.11. The highest BCUT2D eigenvalue weighted by Gasteiger charge is 2.28. The fraction of sp³-hybridized carbons (Fsp3) is 0.619. The molecule has 0 aliphatic carbocycles. The summed E-state index contributed by atoms with van der Waals surface area (Å²) in [5.41, 5.74) is -1.76. The maximum absolute atomic E-state index is 12.4. The number of rotatable bonds is 14. The highest BCUT2D eigenvalue weighted by molar-refractivity contribution is 7.86. The molecule has 7 nitrogen and oxygen atoms in total. The second kappa shape index (κ2) is 13.3. The Morgan fingerprint density at radius 1 is 0.897 bits per heavy atom. The van der Waals surface area contributed by atoms with Crippen LogP contribution in [-0.2, 0) is 19.6 Å². The normalized spacial score (nSPS) is 12.4. The van der Waals surface area contributed by atoms with Crippen molar-refractivity contribution in [1.29, 1.82) is 0 Å². The molecule has 1 unspecified atom stereocenters. The summed E-state index contributed by atoms with van der Waals surface area (Å²) in [7, 11) is -4.55. The molecule has 0 bridgehead atoms. The maximum atomic E-state index is 12.4. The Bertz CT molecular complexity index is 743. The number of hydrogen-bond donors (Lipinski definition) is 1. The van der Waals surface area contributed by atoms with Gasteiger partial charge in [0.05, 0.1) is 17.7 Å². The lowest BCUT2D eigenvalue weighted by atomic mass is 10.1. The van der Waals surface area contributed by atoms with Crippen molar-refractivity contribution in [3.8, 4) is 0 Å². The molecule has 1 rings (SSSR count). The topological polar surface area (TPSA) is 107 Å². The Hall–Kier alpha value is -1.93. The first-order valence-electron chi connectivity index (χ1n) is 10.2. The van der Waals surface area contributed by atoms with Crippen LogP contribution in [0.3, 0.4) is 0 Å². The van der Waals surface area contributed by atoms with Crippen molar-refractivity contribution >= 4 is 22.1 Å². The number of hydrogen-bond acceptors (Lipinski definition) is 6. The van der Waals surface area contributed by atoms with E-state index in [-0.39, 0.29) is 24.2 Å². The smallest absolute Gasteiger partial charge is 0.340 e. The monoisotopic (exact) mass is 428 g/mol. The summed E-state index contributed by atoms with van der Waals surface area (Å²) in [5.74, 6) is -1.66. The van der Waals surface area contributed by atoms with Crippen LogP contribution in [0.15, 0.2) is 24.3 Å². The van der Waals surface area contributed by atoms with Crippen molar-refractivity contribution in [3.05, 3.63) is 35.4 Å². The molecule has 0 saturated heterocycles. The first-order chi connectivity index (χ1) is 13.8. The van der Waals surface area contributed by atoms with Crippen molar-refractivity contribution in [1.82, 2.24) is 0 Å². The summed E-state index contributed by atoms with van der Waals surface area (Å²) < 4.78 is 42.2. The zero-order valence-electron chi connectivity index (χ0n) is 17.3. The fourth-order valence-corrected chi connectivity index (χ4v) is 3.57. The lowest BCUT2D eigenvalue weighted by Gasteiger charge is -2.15. The van der Waals surface area contributed by atoms with E-state index in [2.05, 4.69) is 6.92 Å². The molecule has 29 heavy (non-hydrogen) atoms. The molecule has 0 aromatic heterocycles. The van der Waals surface area contributed by atoms with Gasteiger partial charge in [-0.2, -0.15) is 8.42 Å². The van der Waals surface area contributed by atoms with Gasteiger partial charge in [-0.3, -0.25) is 4.55 Å². The quantitative estimate of drug-likeness (QED) is 0.258. The average Bonchev–Trinajstić information content (AvgIpc) is 2.68. The van der Waals surface area contributed by atoms with Gasteiger partial charge in [0.25, 0.3) is 0 Å². The van der Waals surface area contributed by atoms with Gasteiger partial charge >= 0.3 is 22.1 Å². The van der Waals surface area contributed by atoms with Gasteiger partial charge in [0.1, 0.15) is 0 Å². The van der Waals surface area contributed by atoms with Gasteiger partial charge in [0.2, 0.25) is 5.44 Å². The minimum Gasteiger partial charge on any atom is -0.462 e. The summed E-state index contributed by atoms with van der Waals surface area (Å²) in [5, 5.41) is 0. The SMILES string of the molecule is CCCCCCCCCOC(=O)c1ccccc1C(=O)OC(CCC)S(=O)(=O)O. The Kier molecular flexibility index (Phi) is 11.5. The third-order valence-electron chi connectivity index (χ3n) is 4.44. The van der Waals surface area contributed by atoms with Gasteiger partial charge in [-0.1, -0.05) is 70.9 Å². The number of carbonyl (C=O) groups is 2. The Balaban J connectivity index is 2.63. The molecule has 0 spiro atoms. The lowest BCUT2D eigenvalue weighted by Crippen LogP contribution is -2.27. The third-order valence-corrected chi connectivity index (χ3v) is 5.44. The van der Waals surface area contributed by atoms with Crippen molar-refractivity contribution < 1.29 is 32.0 Å². The maximum Gasteiger partial charge on any atom is 0.340 e. The van der Waals surface area contributed by atoms with E-state index in [4.69, 9.17) is 9.47 Å². The van der Waals surface area contributed by atoms with E-state index < -0.39 is 27.5 Å². The van der Waals surface area contributed by atoms with Crippen LogP contribution >= 0.6 is 0 Å². The van der Waals surface area contributed by atoms with Crippen molar-refractivity contribution in [3.63, 3.8) is 0 Å². The minimum absolute atomic E-state index is 0.00559. The molecule has 0 aliphatic rings. The van der Waals surface area contributed by atoms with E-state index in [0.29, 0.717) is 6.42 Å². The van der Waals surface area contributed by atoms with Crippen LogP contribution in [0.5, 0.6) is 0 Å². The molecule has 0 fully saturated rings. The Morgan fingerprint density at radius 2 is 1.45 bits per heavy atom. The molecular formula is C21H32O7S. The van der Waals surface area contributed by atoms with Crippen LogP contribution in [0.2, 0.25) is 0 Å². The second-order valence-corrected chi connectivity index (χ2v) is 8.50.